The lowest BCUT2D eigenvalue weighted by molar-refractivity contribution is 0.618. The minimum absolute atomic E-state index is 0.229. The topological polar surface area (TPSA) is 50.7 Å². The minimum Gasteiger partial charge on any atom is -0.304 e. The monoisotopic (exact) mass is 293 g/mol. The van der Waals surface area contributed by atoms with Crippen molar-refractivity contribution in [1.29, 1.82) is 0 Å². The van der Waals surface area contributed by atoms with Gasteiger partial charge in [0.1, 0.15) is 5.82 Å². The highest BCUT2D eigenvalue weighted by atomic mass is 19.1. The third-order valence-corrected chi connectivity index (χ3v) is 3.76. The summed E-state index contributed by atoms with van der Waals surface area (Å²) in [7, 11) is 0. The number of aryl methyl sites for hydroxylation is 1. The molecule has 1 N–H and O–H groups in total. The van der Waals surface area contributed by atoms with Gasteiger partial charge >= 0.3 is 5.69 Å². The molecule has 0 radical (unpaired) electrons. The van der Waals surface area contributed by atoms with E-state index in [2.05, 4.69) is 9.97 Å². The number of halogens is 1. The summed E-state index contributed by atoms with van der Waals surface area (Å²) in [4.78, 5) is 19.4. The van der Waals surface area contributed by atoms with Crippen LogP contribution in [0.15, 0.2) is 53.5 Å². The quantitative estimate of drug-likeness (QED) is 0.585. The van der Waals surface area contributed by atoms with Gasteiger partial charge in [-0.3, -0.25) is 9.55 Å². The number of para-hydroxylation sites is 1. The van der Waals surface area contributed by atoms with Crippen molar-refractivity contribution in [2.24, 2.45) is 0 Å². The van der Waals surface area contributed by atoms with E-state index in [1.807, 2.05) is 25.1 Å². The summed E-state index contributed by atoms with van der Waals surface area (Å²) in [6.07, 6.45) is 1.60. The van der Waals surface area contributed by atoms with Gasteiger partial charge in [-0.1, -0.05) is 23.8 Å². The number of benzene rings is 2. The Kier molecular flexibility index (Phi) is 2.63. The van der Waals surface area contributed by atoms with E-state index in [1.54, 1.807) is 24.4 Å². The number of aromatic nitrogens is 3. The summed E-state index contributed by atoms with van der Waals surface area (Å²) in [6.45, 7) is 1.97. The van der Waals surface area contributed by atoms with Crippen molar-refractivity contribution in [3.63, 3.8) is 0 Å². The predicted octanol–water partition coefficient (Wildman–Crippen LogP) is 3.31. The van der Waals surface area contributed by atoms with Crippen LogP contribution in [0.5, 0.6) is 0 Å². The number of pyridine rings is 1. The fraction of sp³-hybridized carbons (Fsp3) is 0.0588. The van der Waals surface area contributed by atoms with Gasteiger partial charge in [0, 0.05) is 5.39 Å². The minimum atomic E-state index is -0.442. The number of nitrogens with one attached hydrogen (secondary N) is 1. The lowest BCUT2D eigenvalue weighted by atomic mass is 10.1. The molecule has 0 spiro atoms. The number of hydrogen-bond acceptors (Lipinski definition) is 2. The second-order valence-corrected chi connectivity index (χ2v) is 5.26. The summed E-state index contributed by atoms with van der Waals surface area (Å²) in [6, 6.07) is 12.0. The standard InChI is InChI=1S/C17H12FN3O/c1-10-6-7-13-11(8-10)16-14(9-19-13)20-17(22)21(16)15-5-3-2-4-12(15)18/h2-9H,1H3,(H,20,22). The van der Waals surface area contributed by atoms with E-state index in [0.29, 0.717) is 11.0 Å². The first kappa shape index (κ1) is 12.8. The molecular formula is C17H12FN3O. The van der Waals surface area contributed by atoms with E-state index in [9.17, 15) is 9.18 Å². The summed E-state index contributed by atoms with van der Waals surface area (Å²) in [5.74, 6) is -0.442. The van der Waals surface area contributed by atoms with Gasteiger partial charge in [-0.2, -0.15) is 0 Å². The highest BCUT2D eigenvalue weighted by molar-refractivity contribution is 6.03. The fourth-order valence-corrected chi connectivity index (χ4v) is 2.76. The van der Waals surface area contributed by atoms with Gasteiger partial charge in [0.2, 0.25) is 0 Å². The Bertz CT molecular complexity index is 1080. The molecule has 2 aromatic carbocycles. The van der Waals surface area contributed by atoms with Gasteiger partial charge in [-0.15, -0.1) is 0 Å². The van der Waals surface area contributed by atoms with Crippen LogP contribution in [-0.2, 0) is 0 Å². The number of imidazole rings is 1. The molecule has 5 heteroatoms. The molecule has 0 aliphatic carbocycles. The SMILES string of the molecule is Cc1ccc2ncc3[nH]c(=O)n(-c4ccccc4F)c3c2c1. The molecule has 0 saturated heterocycles. The van der Waals surface area contributed by atoms with Crippen molar-refractivity contribution in [3.05, 3.63) is 70.5 Å². The van der Waals surface area contributed by atoms with Gasteiger partial charge in [-0.05, 0) is 31.2 Å². The first-order valence-electron chi connectivity index (χ1n) is 6.90. The van der Waals surface area contributed by atoms with Crippen LogP contribution in [0.25, 0.3) is 27.6 Å². The third-order valence-electron chi connectivity index (χ3n) is 3.76. The summed E-state index contributed by atoms with van der Waals surface area (Å²) in [5.41, 5.74) is 2.90. The second-order valence-electron chi connectivity index (χ2n) is 5.26. The van der Waals surface area contributed by atoms with Gasteiger partial charge in [0.25, 0.3) is 0 Å². The van der Waals surface area contributed by atoms with Crippen LogP contribution >= 0.6 is 0 Å². The summed E-state index contributed by atoms with van der Waals surface area (Å²) >= 11 is 0. The Labute approximate surface area is 124 Å². The average molecular weight is 293 g/mol. The molecule has 0 atom stereocenters. The smallest absolute Gasteiger partial charge is 0.304 e. The van der Waals surface area contributed by atoms with Crippen molar-refractivity contribution in [3.8, 4) is 5.69 Å². The zero-order valence-electron chi connectivity index (χ0n) is 11.8. The zero-order valence-corrected chi connectivity index (χ0v) is 11.8. The van der Waals surface area contributed by atoms with Crippen molar-refractivity contribution < 1.29 is 4.39 Å². The Morgan fingerprint density at radius 2 is 2.00 bits per heavy atom. The van der Waals surface area contributed by atoms with Crippen LogP contribution in [0.1, 0.15) is 5.56 Å². The number of hydrogen-bond donors (Lipinski definition) is 1. The van der Waals surface area contributed by atoms with Crippen LogP contribution in [0, 0.1) is 12.7 Å². The van der Waals surface area contributed by atoms with Gasteiger partial charge in [0.05, 0.1) is 28.4 Å². The fourth-order valence-electron chi connectivity index (χ4n) is 2.76. The highest BCUT2D eigenvalue weighted by Crippen LogP contribution is 2.25. The number of H-pyrrole nitrogens is 1. The zero-order chi connectivity index (χ0) is 15.3. The highest BCUT2D eigenvalue weighted by Gasteiger charge is 2.15. The third kappa shape index (κ3) is 1.75. The van der Waals surface area contributed by atoms with Crippen molar-refractivity contribution in [1.82, 2.24) is 14.5 Å². The van der Waals surface area contributed by atoms with E-state index in [1.165, 1.54) is 10.6 Å². The maximum absolute atomic E-state index is 14.2. The lowest BCUT2D eigenvalue weighted by Gasteiger charge is -2.07. The van der Waals surface area contributed by atoms with E-state index in [0.717, 1.165) is 16.5 Å². The molecule has 0 aliphatic rings. The molecule has 2 aromatic heterocycles. The number of fused-ring (bicyclic) bond motifs is 3. The molecule has 0 aliphatic heterocycles. The first-order valence-corrected chi connectivity index (χ1v) is 6.90. The van der Waals surface area contributed by atoms with Gasteiger partial charge in [0.15, 0.2) is 0 Å². The molecule has 0 saturated carbocycles. The number of rotatable bonds is 1. The normalized spacial score (nSPS) is 11.4. The Hall–Kier alpha value is -2.95. The van der Waals surface area contributed by atoms with Crippen LogP contribution in [0.4, 0.5) is 4.39 Å². The number of nitrogens with zero attached hydrogens (tertiary/aromatic N) is 2. The molecule has 2 heterocycles. The number of aromatic amines is 1. The molecule has 0 amide bonds. The Balaban J connectivity index is 2.23. The van der Waals surface area contributed by atoms with Gasteiger partial charge < -0.3 is 4.98 Å². The van der Waals surface area contributed by atoms with Crippen LogP contribution < -0.4 is 5.69 Å². The van der Waals surface area contributed by atoms with Crippen LogP contribution in [-0.4, -0.2) is 14.5 Å². The molecule has 4 nitrogen and oxygen atoms in total. The maximum Gasteiger partial charge on any atom is 0.331 e. The van der Waals surface area contributed by atoms with E-state index < -0.39 is 5.82 Å². The summed E-state index contributed by atoms with van der Waals surface area (Å²) in [5, 5.41) is 0.819. The average Bonchev–Trinajstić information content (AvgIpc) is 2.84. The Morgan fingerprint density at radius 3 is 2.82 bits per heavy atom. The predicted molar refractivity (Wildman–Crippen MR) is 83.9 cm³/mol. The maximum atomic E-state index is 14.2. The van der Waals surface area contributed by atoms with Crippen LogP contribution in [0.2, 0.25) is 0 Å². The molecule has 0 fully saturated rings. The second kappa shape index (κ2) is 4.53. The Morgan fingerprint density at radius 1 is 1.18 bits per heavy atom. The van der Waals surface area contributed by atoms with E-state index >= 15 is 0 Å². The molecule has 4 rings (SSSR count). The molecule has 22 heavy (non-hydrogen) atoms. The summed E-state index contributed by atoms with van der Waals surface area (Å²) < 4.78 is 15.5. The first-order chi connectivity index (χ1) is 10.6. The van der Waals surface area contributed by atoms with E-state index in [-0.39, 0.29) is 11.4 Å². The lowest BCUT2D eigenvalue weighted by Crippen LogP contribution is -2.15. The molecule has 108 valence electrons. The van der Waals surface area contributed by atoms with Crippen LogP contribution in [0.3, 0.4) is 0 Å². The molecular weight excluding hydrogens is 281 g/mol. The van der Waals surface area contributed by atoms with E-state index in [4.69, 9.17) is 0 Å². The van der Waals surface area contributed by atoms with Crippen molar-refractivity contribution in [2.75, 3.05) is 0 Å². The molecule has 4 aromatic rings. The largest absolute Gasteiger partial charge is 0.331 e. The molecule has 0 unspecified atom stereocenters. The van der Waals surface area contributed by atoms with Crippen molar-refractivity contribution >= 4 is 21.9 Å². The van der Waals surface area contributed by atoms with Gasteiger partial charge in [-0.25, -0.2) is 9.18 Å². The molecule has 0 bridgehead atoms. The van der Waals surface area contributed by atoms with Crippen molar-refractivity contribution in [2.45, 2.75) is 6.92 Å².